The van der Waals surface area contributed by atoms with Crippen molar-refractivity contribution in [1.29, 1.82) is 0 Å². The standard InChI is InChI=1S/C17H17ClN2O2/c1-3-22-16-7-5-4-6-13(16)11-19-20-17(21)14-9-8-12(2)10-15(14)18/h4-11H,3H2,1-2H3,(H,20,21)/b19-11-. The number of aryl methyl sites for hydroxylation is 1. The number of amides is 1. The van der Waals surface area contributed by atoms with Crippen molar-refractivity contribution in [2.45, 2.75) is 13.8 Å². The highest BCUT2D eigenvalue weighted by Gasteiger charge is 2.09. The van der Waals surface area contributed by atoms with Gasteiger partial charge in [-0.3, -0.25) is 4.79 Å². The van der Waals surface area contributed by atoms with E-state index < -0.39 is 0 Å². The predicted molar refractivity (Wildman–Crippen MR) is 88.9 cm³/mol. The summed E-state index contributed by atoms with van der Waals surface area (Å²) in [5.41, 5.74) is 4.65. The number of para-hydroxylation sites is 1. The lowest BCUT2D eigenvalue weighted by Gasteiger charge is -2.06. The molecule has 0 aliphatic rings. The van der Waals surface area contributed by atoms with E-state index in [4.69, 9.17) is 16.3 Å². The van der Waals surface area contributed by atoms with Crippen LogP contribution >= 0.6 is 11.6 Å². The summed E-state index contributed by atoms with van der Waals surface area (Å²) in [6.45, 7) is 4.39. The first-order valence-electron chi connectivity index (χ1n) is 6.93. The van der Waals surface area contributed by atoms with Crippen LogP contribution in [0.5, 0.6) is 5.75 Å². The minimum atomic E-state index is -0.352. The van der Waals surface area contributed by atoms with E-state index in [9.17, 15) is 4.79 Å². The van der Waals surface area contributed by atoms with Crippen LogP contribution < -0.4 is 10.2 Å². The Hall–Kier alpha value is -2.33. The first-order chi connectivity index (χ1) is 10.6. The highest BCUT2D eigenvalue weighted by Crippen LogP contribution is 2.18. The molecule has 5 heteroatoms. The van der Waals surface area contributed by atoms with Crippen molar-refractivity contribution in [3.8, 4) is 5.75 Å². The van der Waals surface area contributed by atoms with Crippen molar-refractivity contribution in [1.82, 2.24) is 5.43 Å². The molecule has 0 aliphatic carbocycles. The van der Waals surface area contributed by atoms with Crippen LogP contribution in [0.1, 0.15) is 28.4 Å². The zero-order chi connectivity index (χ0) is 15.9. The van der Waals surface area contributed by atoms with Gasteiger partial charge >= 0.3 is 0 Å². The van der Waals surface area contributed by atoms with E-state index in [2.05, 4.69) is 10.5 Å². The Kier molecular flexibility index (Phi) is 5.55. The summed E-state index contributed by atoms with van der Waals surface area (Å²) in [5, 5.41) is 4.37. The molecule has 2 aromatic rings. The van der Waals surface area contributed by atoms with Gasteiger partial charge < -0.3 is 4.74 Å². The second kappa shape index (κ2) is 7.61. The van der Waals surface area contributed by atoms with Crippen molar-refractivity contribution < 1.29 is 9.53 Å². The number of rotatable bonds is 5. The fourth-order valence-corrected chi connectivity index (χ4v) is 2.22. The molecule has 2 aromatic carbocycles. The number of carbonyl (C=O) groups is 1. The summed E-state index contributed by atoms with van der Waals surface area (Å²) in [6.07, 6.45) is 1.55. The van der Waals surface area contributed by atoms with Crippen LogP contribution in [0.3, 0.4) is 0 Å². The number of halogens is 1. The summed E-state index contributed by atoms with van der Waals surface area (Å²) in [5.74, 6) is 0.367. The van der Waals surface area contributed by atoms with E-state index >= 15 is 0 Å². The summed E-state index contributed by atoms with van der Waals surface area (Å²) in [7, 11) is 0. The summed E-state index contributed by atoms with van der Waals surface area (Å²) >= 11 is 6.05. The molecule has 0 unspecified atom stereocenters. The second-order valence-corrected chi connectivity index (χ2v) is 5.06. The van der Waals surface area contributed by atoms with Crippen LogP contribution in [0, 0.1) is 6.92 Å². The van der Waals surface area contributed by atoms with E-state index in [0.717, 1.165) is 16.9 Å². The number of nitrogens with one attached hydrogen (secondary N) is 1. The van der Waals surface area contributed by atoms with Gasteiger partial charge in [-0.2, -0.15) is 5.10 Å². The third-order valence-corrected chi connectivity index (χ3v) is 3.27. The third kappa shape index (κ3) is 4.09. The van der Waals surface area contributed by atoms with Gasteiger partial charge in [-0.1, -0.05) is 29.8 Å². The number of carbonyl (C=O) groups excluding carboxylic acids is 1. The van der Waals surface area contributed by atoms with Gasteiger partial charge in [0.15, 0.2) is 0 Å². The molecule has 0 radical (unpaired) electrons. The molecule has 0 aromatic heterocycles. The number of hydrazone groups is 1. The molecule has 0 aliphatic heterocycles. The van der Waals surface area contributed by atoms with Crippen molar-refractivity contribution in [3.05, 3.63) is 64.2 Å². The molecule has 1 N–H and O–H groups in total. The molecule has 0 atom stereocenters. The Labute approximate surface area is 134 Å². The van der Waals surface area contributed by atoms with E-state index in [1.807, 2.05) is 44.2 Å². The molecule has 0 saturated heterocycles. The average molecular weight is 317 g/mol. The fraction of sp³-hybridized carbons (Fsp3) is 0.176. The maximum Gasteiger partial charge on any atom is 0.272 e. The Morgan fingerprint density at radius 3 is 2.82 bits per heavy atom. The fourth-order valence-electron chi connectivity index (χ4n) is 1.90. The molecule has 0 bridgehead atoms. The van der Waals surface area contributed by atoms with Crippen molar-refractivity contribution >= 4 is 23.7 Å². The third-order valence-electron chi connectivity index (χ3n) is 2.96. The minimum Gasteiger partial charge on any atom is -0.493 e. The number of benzene rings is 2. The smallest absolute Gasteiger partial charge is 0.272 e. The van der Waals surface area contributed by atoms with Crippen LogP contribution in [-0.4, -0.2) is 18.7 Å². The van der Waals surface area contributed by atoms with Gasteiger partial charge in [-0.25, -0.2) is 5.43 Å². The summed E-state index contributed by atoms with van der Waals surface area (Å²) in [6, 6.07) is 12.7. The SMILES string of the molecule is CCOc1ccccc1/C=N\NC(=O)c1ccc(C)cc1Cl. The zero-order valence-corrected chi connectivity index (χ0v) is 13.2. The lowest BCUT2D eigenvalue weighted by molar-refractivity contribution is 0.0955. The van der Waals surface area contributed by atoms with Crippen LogP contribution in [-0.2, 0) is 0 Å². The molecule has 22 heavy (non-hydrogen) atoms. The zero-order valence-electron chi connectivity index (χ0n) is 12.5. The Morgan fingerprint density at radius 1 is 1.32 bits per heavy atom. The molecule has 2 rings (SSSR count). The van der Waals surface area contributed by atoms with Gasteiger partial charge in [0.05, 0.1) is 23.4 Å². The highest BCUT2D eigenvalue weighted by atomic mass is 35.5. The van der Waals surface area contributed by atoms with Gasteiger partial charge in [-0.15, -0.1) is 0 Å². The molecule has 1 amide bonds. The average Bonchev–Trinajstić information content (AvgIpc) is 2.49. The maximum atomic E-state index is 12.0. The van der Waals surface area contributed by atoms with E-state index in [1.54, 1.807) is 18.3 Å². The van der Waals surface area contributed by atoms with Crippen LogP contribution in [0.25, 0.3) is 0 Å². The number of nitrogens with zero attached hydrogens (tertiary/aromatic N) is 1. The Balaban J connectivity index is 2.07. The minimum absolute atomic E-state index is 0.352. The molecule has 0 fully saturated rings. The molecule has 4 nitrogen and oxygen atoms in total. The lowest BCUT2D eigenvalue weighted by atomic mass is 10.1. The second-order valence-electron chi connectivity index (χ2n) is 4.65. The highest BCUT2D eigenvalue weighted by molar-refractivity contribution is 6.33. The lowest BCUT2D eigenvalue weighted by Crippen LogP contribution is -2.18. The molecule has 0 saturated carbocycles. The van der Waals surface area contributed by atoms with E-state index in [0.29, 0.717) is 17.2 Å². The summed E-state index contributed by atoms with van der Waals surface area (Å²) in [4.78, 5) is 12.0. The number of ether oxygens (including phenoxy) is 1. The monoisotopic (exact) mass is 316 g/mol. The Morgan fingerprint density at radius 2 is 2.09 bits per heavy atom. The van der Waals surface area contributed by atoms with Gasteiger partial charge in [0.2, 0.25) is 0 Å². The first-order valence-corrected chi connectivity index (χ1v) is 7.31. The molecule has 114 valence electrons. The number of hydrogen-bond acceptors (Lipinski definition) is 3. The van der Waals surface area contributed by atoms with Crippen LogP contribution in [0.15, 0.2) is 47.6 Å². The predicted octanol–water partition coefficient (Wildman–Crippen LogP) is 3.81. The van der Waals surface area contributed by atoms with E-state index in [1.165, 1.54) is 0 Å². The largest absolute Gasteiger partial charge is 0.493 e. The van der Waals surface area contributed by atoms with Gasteiger partial charge in [0, 0.05) is 5.56 Å². The normalized spacial score (nSPS) is 10.7. The molecule has 0 heterocycles. The molecular formula is C17H17ClN2O2. The van der Waals surface area contributed by atoms with Crippen LogP contribution in [0.2, 0.25) is 5.02 Å². The first kappa shape index (κ1) is 16.0. The van der Waals surface area contributed by atoms with Crippen molar-refractivity contribution in [2.24, 2.45) is 5.10 Å². The molecule has 0 spiro atoms. The van der Waals surface area contributed by atoms with Gasteiger partial charge in [-0.05, 0) is 43.7 Å². The molecular weight excluding hydrogens is 300 g/mol. The van der Waals surface area contributed by atoms with E-state index in [-0.39, 0.29) is 5.91 Å². The van der Waals surface area contributed by atoms with Crippen LogP contribution in [0.4, 0.5) is 0 Å². The topological polar surface area (TPSA) is 50.7 Å². The Bertz CT molecular complexity index is 699. The van der Waals surface area contributed by atoms with Crippen molar-refractivity contribution in [3.63, 3.8) is 0 Å². The quantitative estimate of drug-likeness (QED) is 0.673. The number of hydrogen-bond donors (Lipinski definition) is 1. The van der Waals surface area contributed by atoms with Crippen molar-refractivity contribution in [2.75, 3.05) is 6.61 Å². The maximum absolute atomic E-state index is 12.0. The van der Waals surface area contributed by atoms with Gasteiger partial charge in [0.25, 0.3) is 5.91 Å². The summed E-state index contributed by atoms with van der Waals surface area (Å²) < 4.78 is 5.49. The van der Waals surface area contributed by atoms with Gasteiger partial charge in [0.1, 0.15) is 5.75 Å².